The topological polar surface area (TPSA) is 75.9 Å². The van der Waals surface area contributed by atoms with E-state index in [0.717, 1.165) is 123 Å². The molecule has 0 fully saturated rings. The molecule has 4 aromatic heterocycles. The molecule has 0 atom stereocenters. The summed E-state index contributed by atoms with van der Waals surface area (Å²) in [5, 5.41) is 2.31. The summed E-state index contributed by atoms with van der Waals surface area (Å²) in [5.41, 5.74) is 35.7. The summed E-state index contributed by atoms with van der Waals surface area (Å²) in [5.74, 6) is 1.87. The average Bonchev–Trinajstić information content (AvgIpc) is 1.57. The Bertz CT molecular complexity index is 7970. The van der Waals surface area contributed by atoms with Gasteiger partial charge in [0.2, 0.25) is 5.95 Å². The standard InChI is InChI=1S/C66H48N2.C39H26N4.C17H12N.C11H8N.Ir/c1-6-16-49(17-7-1)53-26-37-60(38-27-53)67(61-39-28-54(29-40-61)50-18-8-2-9-19-50)62-41-30-56(31-42-62)57-34-45-64(46-35-57)68(63-43-32-55(33-44-63)51-20-10-3-11-21-51)66-47-36-59(52-22-12-4-13-23-52)48-65(66)58-24-14-5-15-25-58;1-4-13-27(14-5-1)28-23-25-29(26-24-28)32-20-12-21-34-33-19-10-11-22-35(33)43(36(32)34)39-41-37(30-15-6-2-7-16-30)40-38(42-39)31-17-8-3-9-18-31;1-3-7-14(8-4-1)16-11-12-18-17(13-16)15-9-5-2-6-10-15;1-2-6-10(7-3-1)11-8-4-5-9-12-11;/h1-48H;1-26H;1-9,11-13H;1-6,8-9H;/q;;2*-1;. The molecule has 0 saturated carbocycles. The van der Waals surface area contributed by atoms with E-state index in [0.29, 0.717) is 17.6 Å². The molecule has 0 aliphatic rings. The molecule has 9 heteroatoms. The van der Waals surface area contributed by atoms with Crippen LogP contribution in [0.15, 0.2) is 570 Å². The average molecular weight is 2000 g/mol. The molecule has 0 bridgehead atoms. The fourth-order valence-corrected chi connectivity index (χ4v) is 18.0. The van der Waals surface area contributed by atoms with Gasteiger partial charge in [0, 0.05) is 94.0 Å². The van der Waals surface area contributed by atoms with Gasteiger partial charge in [0.25, 0.3) is 0 Å². The Morgan fingerprint density at radius 1 is 0.197 bits per heavy atom. The van der Waals surface area contributed by atoms with Crippen LogP contribution < -0.4 is 9.80 Å². The zero-order valence-corrected chi connectivity index (χ0v) is 80.1. The van der Waals surface area contributed by atoms with E-state index in [1.165, 1.54) is 66.8 Å². The fraction of sp³-hybridized carbons (Fsp3) is 0. The van der Waals surface area contributed by atoms with Crippen LogP contribution in [0.3, 0.4) is 0 Å². The third-order valence-electron chi connectivity index (χ3n) is 25.1. The minimum atomic E-state index is 0. The normalized spacial score (nSPS) is 10.8. The molecule has 0 spiro atoms. The van der Waals surface area contributed by atoms with E-state index in [4.69, 9.17) is 15.0 Å². The van der Waals surface area contributed by atoms with Crippen molar-refractivity contribution in [3.05, 3.63) is 583 Å². The molecule has 8 nitrogen and oxygen atoms in total. The van der Waals surface area contributed by atoms with Crippen LogP contribution in [-0.4, -0.2) is 29.5 Å². The monoisotopic (exact) mass is 2000 g/mol. The van der Waals surface area contributed by atoms with Crippen molar-refractivity contribution in [3.63, 3.8) is 0 Å². The number of aromatic nitrogens is 6. The third-order valence-corrected chi connectivity index (χ3v) is 25.1. The van der Waals surface area contributed by atoms with Gasteiger partial charge in [-0.3, -0.25) is 4.57 Å². The van der Waals surface area contributed by atoms with Crippen molar-refractivity contribution < 1.29 is 20.1 Å². The van der Waals surface area contributed by atoms with Crippen LogP contribution in [0, 0.1) is 12.1 Å². The Hall–Kier alpha value is -18.2. The second-order valence-electron chi connectivity index (χ2n) is 34.0. The van der Waals surface area contributed by atoms with Gasteiger partial charge in [0.05, 0.1) is 16.7 Å². The second kappa shape index (κ2) is 44.3. The van der Waals surface area contributed by atoms with Crippen molar-refractivity contribution in [1.29, 1.82) is 0 Å². The van der Waals surface area contributed by atoms with E-state index in [1.807, 2.05) is 164 Å². The van der Waals surface area contributed by atoms with Crippen molar-refractivity contribution >= 4 is 55.9 Å². The van der Waals surface area contributed by atoms with Gasteiger partial charge in [0.15, 0.2) is 11.6 Å². The molecule has 0 aliphatic heterocycles. The maximum absolute atomic E-state index is 5.10. The maximum atomic E-state index is 5.10. The first-order chi connectivity index (χ1) is 69.9. The minimum absolute atomic E-state index is 0. The molecule has 24 aromatic rings. The number of hydrogen-bond donors (Lipinski definition) is 0. The van der Waals surface area contributed by atoms with Gasteiger partial charge in [-0.1, -0.05) is 419 Å². The van der Waals surface area contributed by atoms with E-state index in [1.54, 1.807) is 6.20 Å². The first-order valence-corrected chi connectivity index (χ1v) is 47.4. The summed E-state index contributed by atoms with van der Waals surface area (Å²) in [7, 11) is 0. The van der Waals surface area contributed by atoms with E-state index >= 15 is 0 Å². The third kappa shape index (κ3) is 21.1. The zero-order chi connectivity index (χ0) is 94.5. The van der Waals surface area contributed by atoms with E-state index in [9.17, 15) is 0 Å². The molecule has 24 rings (SSSR count). The number of rotatable bonds is 20. The molecule has 0 aliphatic carbocycles. The minimum Gasteiger partial charge on any atom is -0.311 e. The van der Waals surface area contributed by atoms with Crippen LogP contribution in [-0.2, 0) is 20.1 Å². The number of nitrogens with zero attached hydrogens (tertiary/aromatic N) is 8. The Labute approximate surface area is 843 Å². The summed E-state index contributed by atoms with van der Waals surface area (Å²) in [6, 6.07) is 201. The molecule has 0 saturated heterocycles. The van der Waals surface area contributed by atoms with Crippen molar-refractivity contribution in [2.75, 3.05) is 9.80 Å². The molecule has 0 unspecified atom stereocenters. The van der Waals surface area contributed by atoms with Crippen LogP contribution in [0.5, 0.6) is 0 Å². The number of benzene rings is 20. The quantitative estimate of drug-likeness (QED) is 0.0704. The van der Waals surface area contributed by atoms with E-state index < -0.39 is 0 Å². The van der Waals surface area contributed by atoms with Gasteiger partial charge >= 0.3 is 0 Å². The number of hydrogen-bond acceptors (Lipinski definition) is 7. The Morgan fingerprint density at radius 2 is 0.507 bits per heavy atom. The summed E-state index contributed by atoms with van der Waals surface area (Å²) >= 11 is 0. The summed E-state index contributed by atoms with van der Waals surface area (Å²) in [6.45, 7) is 0. The summed E-state index contributed by atoms with van der Waals surface area (Å²) in [4.78, 5) is 28.5. The Morgan fingerprint density at radius 3 is 0.908 bits per heavy atom. The molecule has 1 radical (unpaired) electrons. The predicted octanol–water partition coefficient (Wildman–Crippen LogP) is 35.0. The van der Waals surface area contributed by atoms with Crippen molar-refractivity contribution in [2.24, 2.45) is 0 Å². The first kappa shape index (κ1) is 91.5. The maximum Gasteiger partial charge on any atom is 0.238 e. The van der Waals surface area contributed by atoms with Crippen LogP contribution in [0.4, 0.5) is 34.1 Å². The SMILES string of the molecule is [Ir].[c-]1ccccc1-c1cc(-c2ccccc2)ccn1.[c-]1ccccc1-c1ccccn1.c1ccc(-c2ccc(-c3cccc4c5ccccc5n(-c5nc(-c6ccccc6)nc(-c6ccccc6)n5)c34)cc2)cc1.c1ccc(-c2ccc(N(c3ccc(-c4ccccc4)cc3)c3ccc(-c4ccc(N(c5ccc(-c6ccccc6)cc5)c5ccc(-c6ccccc6)cc5-c5ccccc5)cc4)cc3)cc2)cc1. The smallest absolute Gasteiger partial charge is 0.238 e. The fourth-order valence-electron chi connectivity index (χ4n) is 18.0. The van der Waals surface area contributed by atoms with Crippen LogP contribution in [0.1, 0.15) is 0 Å². The Kier molecular flexibility index (Phi) is 28.5. The molecular weight excluding hydrogens is 1900 g/mol. The summed E-state index contributed by atoms with van der Waals surface area (Å²) in [6.07, 6.45) is 3.63. The van der Waals surface area contributed by atoms with E-state index in [2.05, 4.69) is 437 Å². The van der Waals surface area contributed by atoms with Crippen molar-refractivity contribution in [1.82, 2.24) is 29.5 Å². The van der Waals surface area contributed by atoms with E-state index in [-0.39, 0.29) is 20.1 Å². The summed E-state index contributed by atoms with van der Waals surface area (Å²) < 4.78 is 2.20. The van der Waals surface area contributed by atoms with Crippen molar-refractivity contribution in [3.8, 4) is 151 Å². The van der Waals surface area contributed by atoms with Gasteiger partial charge in [-0.2, -0.15) is 9.97 Å². The predicted molar refractivity (Wildman–Crippen MR) is 587 cm³/mol. The number of anilines is 6. The van der Waals surface area contributed by atoms with Crippen LogP contribution in [0.2, 0.25) is 0 Å². The molecule has 4 heterocycles. The molecule has 142 heavy (non-hydrogen) atoms. The number of fused-ring (bicyclic) bond motifs is 3. The van der Waals surface area contributed by atoms with Gasteiger partial charge in [-0.15, -0.1) is 71.8 Å². The molecule has 677 valence electrons. The van der Waals surface area contributed by atoms with Gasteiger partial charge in [-0.25, -0.2) is 4.98 Å². The number of para-hydroxylation sites is 2. The van der Waals surface area contributed by atoms with Crippen molar-refractivity contribution in [2.45, 2.75) is 0 Å². The number of pyridine rings is 2. The molecule has 20 aromatic carbocycles. The molecule has 0 N–H and O–H groups in total. The van der Waals surface area contributed by atoms with Crippen LogP contribution in [0.25, 0.3) is 173 Å². The van der Waals surface area contributed by atoms with Gasteiger partial charge in [-0.05, 0) is 191 Å². The zero-order valence-electron chi connectivity index (χ0n) is 77.7. The molecular formula is C133H94IrN8-2. The molecule has 0 amide bonds. The first-order valence-electron chi connectivity index (χ1n) is 47.4. The van der Waals surface area contributed by atoms with Gasteiger partial charge in [0.1, 0.15) is 0 Å². The van der Waals surface area contributed by atoms with Gasteiger partial charge < -0.3 is 19.8 Å². The van der Waals surface area contributed by atoms with Crippen LogP contribution >= 0.6 is 0 Å². The Balaban J connectivity index is 0.000000140. The second-order valence-corrected chi connectivity index (χ2v) is 34.0. The largest absolute Gasteiger partial charge is 0.311 e.